The molecule has 7 aromatic rings. The van der Waals surface area contributed by atoms with E-state index in [0.717, 1.165) is 15.6 Å². The standard InChI is InChI=1S/C30H17BrO/c31-30-22-12-5-3-10-20(22)27(21-11-4-6-13-23(21)30)24-14-7-15-25-29(24)28-19-9-2-1-8-18(19)16-17-26(28)32-25/h1-17H. The van der Waals surface area contributed by atoms with Gasteiger partial charge in [0.1, 0.15) is 11.2 Å². The zero-order valence-electron chi connectivity index (χ0n) is 17.1. The van der Waals surface area contributed by atoms with Gasteiger partial charge < -0.3 is 4.42 Å². The molecule has 0 aliphatic heterocycles. The van der Waals surface area contributed by atoms with Crippen LogP contribution in [0.5, 0.6) is 0 Å². The van der Waals surface area contributed by atoms with Gasteiger partial charge in [-0.05, 0) is 71.5 Å². The molecule has 1 heterocycles. The topological polar surface area (TPSA) is 13.1 Å². The smallest absolute Gasteiger partial charge is 0.136 e. The molecule has 1 aromatic heterocycles. The Morgan fingerprint density at radius 3 is 1.78 bits per heavy atom. The number of furan rings is 1. The van der Waals surface area contributed by atoms with Crippen LogP contribution in [0.1, 0.15) is 0 Å². The Morgan fingerprint density at radius 1 is 0.469 bits per heavy atom. The van der Waals surface area contributed by atoms with Crippen LogP contribution in [-0.2, 0) is 0 Å². The van der Waals surface area contributed by atoms with Crippen molar-refractivity contribution in [1.29, 1.82) is 0 Å². The molecule has 0 radical (unpaired) electrons. The predicted octanol–water partition coefficient (Wildman–Crippen LogP) is 9.48. The van der Waals surface area contributed by atoms with Crippen LogP contribution >= 0.6 is 15.9 Å². The molecule has 0 unspecified atom stereocenters. The first kappa shape index (κ1) is 18.0. The first-order valence-corrected chi connectivity index (χ1v) is 11.5. The van der Waals surface area contributed by atoms with Crippen molar-refractivity contribution < 1.29 is 4.42 Å². The highest BCUT2D eigenvalue weighted by atomic mass is 79.9. The Hall–Kier alpha value is -3.62. The lowest BCUT2D eigenvalue weighted by Crippen LogP contribution is -1.88. The molecule has 0 spiro atoms. The number of rotatable bonds is 1. The van der Waals surface area contributed by atoms with Crippen LogP contribution in [-0.4, -0.2) is 0 Å². The van der Waals surface area contributed by atoms with E-state index in [4.69, 9.17) is 4.42 Å². The molecule has 6 aromatic carbocycles. The maximum absolute atomic E-state index is 6.36. The van der Waals surface area contributed by atoms with Crippen LogP contribution in [0, 0.1) is 0 Å². The van der Waals surface area contributed by atoms with Gasteiger partial charge in [0.2, 0.25) is 0 Å². The zero-order chi connectivity index (χ0) is 21.2. The van der Waals surface area contributed by atoms with Crippen molar-refractivity contribution in [3.8, 4) is 11.1 Å². The van der Waals surface area contributed by atoms with Crippen LogP contribution in [0.25, 0.3) is 65.4 Å². The van der Waals surface area contributed by atoms with Gasteiger partial charge in [-0.15, -0.1) is 0 Å². The van der Waals surface area contributed by atoms with Crippen molar-refractivity contribution in [1.82, 2.24) is 0 Å². The van der Waals surface area contributed by atoms with E-state index in [1.165, 1.54) is 54.2 Å². The normalized spacial score (nSPS) is 11.9. The van der Waals surface area contributed by atoms with Crippen LogP contribution < -0.4 is 0 Å². The lowest BCUT2D eigenvalue weighted by atomic mass is 9.89. The third-order valence-electron chi connectivity index (χ3n) is 6.52. The van der Waals surface area contributed by atoms with Crippen molar-refractivity contribution in [2.75, 3.05) is 0 Å². The molecule has 0 amide bonds. The average Bonchev–Trinajstić information content (AvgIpc) is 3.24. The van der Waals surface area contributed by atoms with Gasteiger partial charge in [-0.1, -0.05) is 91.0 Å². The molecule has 150 valence electrons. The Kier molecular flexibility index (Phi) is 3.76. The first-order valence-electron chi connectivity index (χ1n) is 10.7. The van der Waals surface area contributed by atoms with Gasteiger partial charge in [0.15, 0.2) is 0 Å². The number of hydrogen-bond acceptors (Lipinski definition) is 1. The summed E-state index contributed by atoms with van der Waals surface area (Å²) in [6.07, 6.45) is 0. The largest absolute Gasteiger partial charge is 0.456 e. The predicted molar refractivity (Wildman–Crippen MR) is 139 cm³/mol. The molecule has 2 heteroatoms. The third-order valence-corrected chi connectivity index (χ3v) is 7.38. The maximum atomic E-state index is 6.36. The van der Waals surface area contributed by atoms with Gasteiger partial charge in [0.05, 0.1) is 0 Å². The summed E-state index contributed by atoms with van der Waals surface area (Å²) in [6.45, 7) is 0. The van der Waals surface area contributed by atoms with Crippen molar-refractivity contribution in [2.45, 2.75) is 0 Å². The third kappa shape index (κ3) is 2.39. The number of halogens is 1. The molecule has 0 fully saturated rings. The van der Waals surface area contributed by atoms with Gasteiger partial charge in [0.25, 0.3) is 0 Å². The highest BCUT2D eigenvalue weighted by Crippen LogP contribution is 2.46. The van der Waals surface area contributed by atoms with E-state index < -0.39 is 0 Å². The SMILES string of the molecule is Brc1c2ccccc2c(-c2cccc3oc4ccc5ccccc5c4c23)c2ccccc12. The highest BCUT2D eigenvalue weighted by Gasteiger charge is 2.19. The quantitative estimate of drug-likeness (QED) is 0.217. The molecule has 0 saturated heterocycles. The second-order valence-electron chi connectivity index (χ2n) is 8.22. The summed E-state index contributed by atoms with van der Waals surface area (Å²) in [6, 6.07) is 36.5. The van der Waals surface area contributed by atoms with Gasteiger partial charge >= 0.3 is 0 Å². The zero-order valence-corrected chi connectivity index (χ0v) is 18.7. The lowest BCUT2D eigenvalue weighted by Gasteiger charge is -2.15. The summed E-state index contributed by atoms with van der Waals surface area (Å²) in [5, 5.41) is 9.72. The van der Waals surface area contributed by atoms with E-state index >= 15 is 0 Å². The molecule has 0 atom stereocenters. The fourth-order valence-corrected chi connectivity index (χ4v) is 5.85. The summed E-state index contributed by atoms with van der Waals surface area (Å²) in [4.78, 5) is 0. The summed E-state index contributed by atoms with van der Waals surface area (Å²) in [5.41, 5.74) is 4.31. The second kappa shape index (κ2) is 6.69. The fourth-order valence-electron chi connectivity index (χ4n) is 5.16. The van der Waals surface area contributed by atoms with Crippen molar-refractivity contribution in [3.63, 3.8) is 0 Å². The Bertz CT molecular complexity index is 1780. The molecular formula is C30H17BrO. The molecular weight excluding hydrogens is 456 g/mol. The molecule has 0 N–H and O–H groups in total. The van der Waals surface area contributed by atoms with E-state index in [-0.39, 0.29) is 0 Å². The van der Waals surface area contributed by atoms with E-state index in [1.807, 2.05) is 0 Å². The van der Waals surface area contributed by atoms with Crippen LogP contribution in [0.15, 0.2) is 112 Å². The van der Waals surface area contributed by atoms with Crippen molar-refractivity contribution in [2.24, 2.45) is 0 Å². The summed E-state index contributed by atoms with van der Waals surface area (Å²) in [7, 11) is 0. The number of fused-ring (bicyclic) bond motifs is 7. The van der Waals surface area contributed by atoms with E-state index in [2.05, 4.69) is 119 Å². The lowest BCUT2D eigenvalue weighted by molar-refractivity contribution is 0.669. The van der Waals surface area contributed by atoms with Gasteiger partial charge in [0, 0.05) is 15.2 Å². The maximum Gasteiger partial charge on any atom is 0.136 e. The van der Waals surface area contributed by atoms with Gasteiger partial charge in [-0.25, -0.2) is 0 Å². The van der Waals surface area contributed by atoms with Crippen LogP contribution in [0.4, 0.5) is 0 Å². The molecule has 1 nitrogen and oxygen atoms in total. The summed E-state index contributed by atoms with van der Waals surface area (Å²) >= 11 is 3.89. The molecule has 0 aliphatic rings. The number of hydrogen-bond donors (Lipinski definition) is 0. The monoisotopic (exact) mass is 472 g/mol. The minimum Gasteiger partial charge on any atom is -0.456 e. The van der Waals surface area contributed by atoms with Gasteiger partial charge in [-0.2, -0.15) is 0 Å². The second-order valence-corrected chi connectivity index (χ2v) is 9.01. The molecule has 7 rings (SSSR count). The minimum absolute atomic E-state index is 0.921. The average molecular weight is 473 g/mol. The molecule has 32 heavy (non-hydrogen) atoms. The van der Waals surface area contributed by atoms with Crippen LogP contribution in [0.2, 0.25) is 0 Å². The van der Waals surface area contributed by atoms with Crippen LogP contribution in [0.3, 0.4) is 0 Å². The summed E-state index contributed by atoms with van der Waals surface area (Å²) < 4.78 is 7.50. The highest BCUT2D eigenvalue weighted by molar-refractivity contribution is 9.10. The Labute approximate surface area is 193 Å². The van der Waals surface area contributed by atoms with E-state index in [9.17, 15) is 0 Å². The van der Waals surface area contributed by atoms with E-state index in [0.29, 0.717) is 0 Å². The number of benzene rings is 6. The Morgan fingerprint density at radius 2 is 1.06 bits per heavy atom. The molecule has 0 bridgehead atoms. The van der Waals surface area contributed by atoms with Gasteiger partial charge in [-0.3, -0.25) is 0 Å². The minimum atomic E-state index is 0.921. The Balaban J connectivity index is 1.76. The first-order chi connectivity index (χ1) is 15.8. The fraction of sp³-hybridized carbons (Fsp3) is 0. The van der Waals surface area contributed by atoms with E-state index in [1.54, 1.807) is 0 Å². The van der Waals surface area contributed by atoms with Crippen molar-refractivity contribution in [3.05, 3.63) is 108 Å². The molecule has 0 saturated carbocycles. The summed E-state index contributed by atoms with van der Waals surface area (Å²) in [5.74, 6) is 0. The molecule has 0 aliphatic carbocycles. The van der Waals surface area contributed by atoms with Crippen molar-refractivity contribution >= 4 is 70.2 Å².